The Bertz CT molecular complexity index is 1240. The van der Waals surface area contributed by atoms with Crippen molar-refractivity contribution < 1.29 is 9.53 Å². The summed E-state index contributed by atoms with van der Waals surface area (Å²) in [4.78, 5) is 12.9. The molecular formula is C29H31ClN2O2. The van der Waals surface area contributed by atoms with Crippen molar-refractivity contribution in [2.45, 2.75) is 32.7 Å². The highest BCUT2D eigenvalue weighted by atomic mass is 35.5. The lowest BCUT2D eigenvalue weighted by Crippen LogP contribution is -2.28. The van der Waals surface area contributed by atoms with E-state index in [9.17, 15) is 4.79 Å². The second-order valence-electron chi connectivity index (χ2n) is 9.08. The minimum absolute atomic E-state index is 0.0561. The first kappa shape index (κ1) is 23.9. The van der Waals surface area contributed by atoms with E-state index in [1.807, 2.05) is 36.4 Å². The summed E-state index contributed by atoms with van der Waals surface area (Å²) in [5.41, 5.74) is 4.56. The largest absolute Gasteiger partial charge is 0.497 e. The number of hydrogen-bond acceptors (Lipinski definition) is 2. The molecule has 1 heterocycles. The molecule has 4 rings (SSSR count). The molecule has 0 aliphatic rings. The summed E-state index contributed by atoms with van der Waals surface area (Å²) in [6.45, 7) is 5.61. The van der Waals surface area contributed by atoms with Gasteiger partial charge in [-0.15, -0.1) is 0 Å². The molecule has 0 unspecified atom stereocenters. The molecule has 3 aromatic carbocycles. The molecule has 5 heteroatoms. The van der Waals surface area contributed by atoms with Crippen LogP contribution in [-0.4, -0.2) is 24.1 Å². The Kier molecular flexibility index (Phi) is 7.59. The van der Waals surface area contributed by atoms with Crippen LogP contribution in [0.4, 0.5) is 0 Å². The van der Waals surface area contributed by atoms with Crippen molar-refractivity contribution in [3.63, 3.8) is 0 Å². The van der Waals surface area contributed by atoms with Gasteiger partial charge in [-0.2, -0.15) is 0 Å². The van der Waals surface area contributed by atoms with Gasteiger partial charge in [0.25, 0.3) is 0 Å². The number of hydrogen-bond donors (Lipinski definition) is 1. The molecule has 0 spiro atoms. The van der Waals surface area contributed by atoms with Gasteiger partial charge in [-0.1, -0.05) is 67.9 Å². The molecular weight excluding hydrogens is 444 g/mol. The summed E-state index contributed by atoms with van der Waals surface area (Å²) in [5.74, 6) is 1.23. The number of aromatic nitrogens is 1. The number of benzene rings is 3. The summed E-state index contributed by atoms with van der Waals surface area (Å²) >= 11 is 6.17. The molecule has 4 aromatic rings. The van der Waals surface area contributed by atoms with Crippen LogP contribution in [-0.2, 0) is 11.3 Å². The topological polar surface area (TPSA) is 43.3 Å². The van der Waals surface area contributed by atoms with Crippen LogP contribution in [0.5, 0.6) is 5.75 Å². The number of carbonyl (C=O) groups is 1. The highest BCUT2D eigenvalue weighted by Crippen LogP contribution is 2.35. The lowest BCUT2D eigenvalue weighted by molar-refractivity contribution is -0.121. The van der Waals surface area contributed by atoms with Gasteiger partial charge in [-0.3, -0.25) is 4.79 Å². The molecule has 0 aliphatic carbocycles. The SMILES string of the molecule is COc1ccc(Cn2cc([C@H](CC(=O)NCC(C)C)c3ccc(Cl)cc3)c3ccccc32)cc1. The molecule has 0 aliphatic heterocycles. The second-order valence-corrected chi connectivity index (χ2v) is 9.52. The smallest absolute Gasteiger partial charge is 0.220 e. The van der Waals surface area contributed by atoms with Crippen molar-refractivity contribution in [3.05, 3.63) is 101 Å². The van der Waals surface area contributed by atoms with E-state index in [-0.39, 0.29) is 11.8 Å². The molecule has 0 bridgehead atoms. The van der Waals surface area contributed by atoms with E-state index in [4.69, 9.17) is 16.3 Å². The quantitative estimate of drug-likeness (QED) is 0.295. The number of nitrogens with one attached hydrogen (secondary N) is 1. The Labute approximate surface area is 206 Å². The lowest BCUT2D eigenvalue weighted by atomic mass is 9.88. The molecule has 0 fully saturated rings. The van der Waals surface area contributed by atoms with Crippen LogP contribution >= 0.6 is 11.6 Å². The molecule has 1 atom stereocenters. The van der Waals surface area contributed by atoms with Gasteiger partial charge in [-0.05, 0) is 52.9 Å². The Balaban J connectivity index is 1.73. The fourth-order valence-electron chi connectivity index (χ4n) is 4.29. The zero-order valence-corrected chi connectivity index (χ0v) is 20.7. The van der Waals surface area contributed by atoms with E-state index >= 15 is 0 Å². The predicted octanol–water partition coefficient (Wildman–Crippen LogP) is 6.65. The monoisotopic (exact) mass is 474 g/mol. The number of rotatable bonds is 9. The Morgan fingerprint density at radius 3 is 2.38 bits per heavy atom. The van der Waals surface area contributed by atoms with Crippen LogP contribution in [0.25, 0.3) is 10.9 Å². The number of methoxy groups -OCH3 is 1. The van der Waals surface area contributed by atoms with Crippen molar-refractivity contribution in [2.24, 2.45) is 5.92 Å². The standard InChI is InChI=1S/C29H31ClN2O2/c1-20(2)17-31-29(33)16-26(22-10-12-23(30)13-11-22)27-19-32(28-7-5-4-6-25(27)28)18-21-8-14-24(34-3)15-9-21/h4-15,19-20,26H,16-18H2,1-3H3,(H,31,33)/t26-/m1/s1. The van der Waals surface area contributed by atoms with Gasteiger partial charge in [0.1, 0.15) is 5.75 Å². The summed E-state index contributed by atoms with van der Waals surface area (Å²) in [6.07, 6.45) is 2.58. The van der Waals surface area contributed by atoms with Crippen LogP contribution in [0, 0.1) is 5.92 Å². The van der Waals surface area contributed by atoms with E-state index in [1.54, 1.807) is 7.11 Å². The average Bonchev–Trinajstić information content (AvgIpc) is 3.20. The van der Waals surface area contributed by atoms with Crippen molar-refractivity contribution >= 4 is 28.4 Å². The zero-order valence-electron chi connectivity index (χ0n) is 19.9. The molecule has 4 nitrogen and oxygen atoms in total. The lowest BCUT2D eigenvalue weighted by Gasteiger charge is -2.18. The zero-order chi connectivity index (χ0) is 24.1. The normalized spacial score (nSPS) is 12.1. The first-order valence-electron chi connectivity index (χ1n) is 11.7. The van der Waals surface area contributed by atoms with Crippen LogP contribution in [0.15, 0.2) is 79.0 Å². The second kappa shape index (κ2) is 10.8. The molecule has 176 valence electrons. The third-order valence-corrected chi connectivity index (χ3v) is 6.33. The van der Waals surface area contributed by atoms with Gasteiger partial charge in [0, 0.05) is 47.6 Å². The molecule has 0 saturated carbocycles. The van der Waals surface area contributed by atoms with E-state index in [0.717, 1.165) is 34.3 Å². The number of carbonyl (C=O) groups excluding carboxylic acids is 1. The van der Waals surface area contributed by atoms with Gasteiger partial charge in [0.15, 0.2) is 0 Å². The van der Waals surface area contributed by atoms with Crippen LogP contribution < -0.4 is 10.1 Å². The minimum atomic E-state index is -0.0774. The highest BCUT2D eigenvalue weighted by Gasteiger charge is 2.23. The molecule has 1 amide bonds. The Hall–Kier alpha value is -3.24. The van der Waals surface area contributed by atoms with Crippen molar-refractivity contribution in [1.29, 1.82) is 0 Å². The average molecular weight is 475 g/mol. The molecule has 0 radical (unpaired) electrons. The Morgan fingerprint density at radius 2 is 1.71 bits per heavy atom. The van der Waals surface area contributed by atoms with Gasteiger partial charge in [0.05, 0.1) is 7.11 Å². The predicted molar refractivity (Wildman–Crippen MR) is 140 cm³/mol. The Morgan fingerprint density at radius 1 is 1.00 bits per heavy atom. The first-order chi connectivity index (χ1) is 16.4. The minimum Gasteiger partial charge on any atom is -0.497 e. The van der Waals surface area contributed by atoms with Crippen molar-refractivity contribution in [2.75, 3.05) is 13.7 Å². The number of fused-ring (bicyclic) bond motifs is 1. The summed E-state index contributed by atoms with van der Waals surface area (Å²) in [6, 6.07) is 24.4. The van der Waals surface area contributed by atoms with Gasteiger partial charge < -0.3 is 14.6 Å². The van der Waals surface area contributed by atoms with E-state index in [0.29, 0.717) is 23.9 Å². The van der Waals surface area contributed by atoms with Crippen molar-refractivity contribution in [3.8, 4) is 5.75 Å². The molecule has 0 saturated heterocycles. The van der Waals surface area contributed by atoms with Crippen molar-refractivity contribution in [1.82, 2.24) is 9.88 Å². The van der Waals surface area contributed by atoms with E-state index < -0.39 is 0 Å². The number of ether oxygens (including phenoxy) is 1. The first-order valence-corrected chi connectivity index (χ1v) is 12.0. The van der Waals surface area contributed by atoms with E-state index in [1.165, 1.54) is 5.56 Å². The third-order valence-electron chi connectivity index (χ3n) is 6.08. The number of halogens is 1. The maximum Gasteiger partial charge on any atom is 0.220 e. The summed E-state index contributed by atoms with van der Waals surface area (Å²) < 4.78 is 7.57. The van der Waals surface area contributed by atoms with Crippen LogP contribution in [0.1, 0.15) is 42.9 Å². The number of para-hydroxylation sites is 1. The number of nitrogens with zero attached hydrogens (tertiary/aromatic N) is 1. The van der Waals surface area contributed by atoms with Gasteiger partial charge in [-0.25, -0.2) is 0 Å². The molecule has 34 heavy (non-hydrogen) atoms. The summed E-state index contributed by atoms with van der Waals surface area (Å²) in [7, 11) is 1.68. The summed E-state index contributed by atoms with van der Waals surface area (Å²) in [5, 5.41) is 4.93. The fraction of sp³-hybridized carbons (Fsp3) is 0.276. The molecule has 1 aromatic heterocycles. The third kappa shape index (κ3) is 5.63. The van der Waals surface area contributed by atoms with Crippen LogP contribution in [0.3, 0.4) is 0 Å². The maximum absolute atomic E-state index is 12.9. The molecule has 1 N–H and O–H groups in total. The fourth-order valence-corrected chi connectivity index (χ4v) is 4.42. The van der Waals surface area contributed by atoms with Crippen LogP contribution in [0.2, 0.25) is 5.02 Å². The maximum atomic E-state index is 12.9. The van der Waals surface area contributed by atoms with Gasteiger partial charge in [0.2, 0.25) is 5.91 Å². The highest BCUT2D eigenvalue weighted by molar-refractivity contribution is 6.30. The number of amides is 1. The van der Waals surface area contributed by atoms with E-state index in [2.05, 4.69) is 66.3 Å². The van der Waals surface area contributed by atoms with Gasteiger partial charge >= 0.3 is 0 Å².